The van der Waals surface area contributed by atoms with Crippen molar-refractivity contribution in [2.75, 3.05) is 6.54 Å². The van der Waals surface area contributed by atoms with E-state index in [1.165, 1.54) is 36.5 Å². The number of hydrogen-bond donors (Lipinski definition) is 2. The van der Waals surface area contributed by atoms with E-state index in [9.17, 15) is 18.8 Å². The Morgan fingerprint density at radius 1 is 0.938 bits per heavy atom. The molecule has 0 fully saturated rings. The van der Waals surface area contributed by atoms with Gasteiger partial charge in [-0.3, -0.25) is 9.59 Å². The van der Waals surface area contributed by atoms with E-state index in [0.717, 1.165) is 3.57 Å². The maximum atomic E-state index is 13.6. The summed E-state index contributed by atoms with van der Waals surface area (Å²) in [5.74, 6) is -2.07. The highest BCUT2D eigenvalue weighted by Gasteiger charge is 2.13. The fourth-order valence-corrected chi connectivity index (χ4v) is 3.16. The first-order valence-corrected chi connectivity index (χ1v) is 10.4. The van der Waals surface area contributed by atoms with Gasteiger partial charge in [0.1, 0.15) is 11.6 Å². The number of halogens is 2. The van der Waals surface area contributed by atoms with Gasteiger partial charge in [0.15, 0.2) is 0 Å². The van der Waals surface area contributed by atoms with E-state index >= 15 is 0 Å². The van der Waals surface area contributed by atoms with Gasteiger partial charge in [-0.2, -0.15) is 5.10 Å². The van der Waals surface area contributed by atoms with Crippen LogP contribution in [-0.4, -0.2) is 30.5 Å². The molecule has 3 aromatic rings. The standard InChI is InChI=1S/C23H17FIN3O4/c24-19-7-3-1-5-17(19)23(31)32-16-11-9-15(10-12-16)13-27-28-21(29)14-26-22(30)18-6-2-4-8-20(18)25/h1-13H,14H2,(H,26,30)(H,28,29)/b27-13+. The second-order valence-corrected chi connectivity index (χ2v) is 7.56. The number of ether oxygens (including phenoxy) is 1. The Morgan fingerprint density at radius 3 is 2.28 bits per heavy atom. The molecule has 3 rings (SSSR count). The highest BCUT2D eigenvalue weighted by Crippen LogP contribution is 2.15. The van der Waals surface area contributed by atoms with Gasteiger partial charge in [-0.05, 0) is 76.7 Å². The lowest BCUT2D eigenvalue weighted by Crippen LogP contribution is -2.35. The Labute approximate surface area is 196 Å². The predicted molar refractivity (Wildman–Crippen MR) is 125 cm³/mol. The van der Waals surface area contributed by atoms with Gasteiger partial charge < -0.3 is 10.1 Å². The van der Waals surface area contributed by atoms with Crippen LogP contribution >= 0.6 is 22.6 Å². The van der Waals surface area contributed by atoms with Crippen LogP contribution < -0.4 is 15.5 Å². The summed E-state index contributed by atoms with van der Waals surface area (Å²) in [6.45, 7) is -0.230. The molecule has 0 unspecified atom stereocenters. The van der Waals surface area contributed by atoms with Crippen LogP contribution in [0.1, 0.15) is 26.3 Å². The Balaban J connectivity index is 1.47. The fourth-order valence-electron chi connectivity index (χ4n) is 2.53. The topological polar surface area (TPSA) is 96.9 Å². The van der Waals surface area contributed by atoms with E-state index in [2.05, 4.69) is 15.8 Å². The number of nitrogens with zero attached hydrogens (tertiary/aromatic N) is 1. The summed E-state index contributed by atoms with van der Waals surface area (Å²) >= 11 is 2.05. The quantitative estimate of drug-likeness (QED) is 0.156. The molecule has 0 saturated carbocycles. The van der Waals surface area contributed by atoms with E-state index in [1.807, 2.05) is 28.7 Å². The largest absolute Gasteiger partial charge is 0.423 e. The Bertz CT molecular complexity index is 1170. The molecular formula is C23H17FIN3O4. The minimum absolute atomic E-state index is 0.157. The summed E-state index contributed by atoms with van der Waals surface area (Å²) in [5.41, 5.74) is 3.27. The molecule has 0 saturated heterocycles. The molecule has 0 aliphatic rings. The van der Waals surface area contributed by atoms with Crippen molar-refractivity contribution in [1.29, 1.82) is 0 Å². The van der Waals surface area contributed by atoms with Crippen molar-refractivity contribution < 1.29 is 23.5 Å². The van der Waals surface area contributed by atoms with Gasteiger partial charge in [-0.25, -0.2) is 14.6 Å². The SMILES string of the molecule is O=C(CNC(=O)c1ccccc1I)N/N=C/c1ccc(OC(=O)c2ccccc2F)cc1. The molecule has 7 nitrogen and oxygen atoms in total. The number of hydrogen-bond acceptors (Lipinski definition) is 5. The maximum absolute atomic E-state index is 13.6. The third kappa shape index (κ3) is 6.45. The zero-order valence-corrected chi connectivity index (χ0v) is 18.7. The molecule has 2 amide bonds. The highest BCUT2D eigenvalue weighted by atomic mass is 127. The number of hydrazone groups is 1. The maximum Gasteiger partial charge on any atom is 0.346 e. The first-order chi connectivity index (χ1) is 15.4. The zero-order chi connectivity index (χ0) is 22.9. The van der Waals surface area contributed by atoms with Crippen molar-refractivity contribution in [1.82, 2.24) is 10.7 Å². The summed E-state index contributed by atoms with van der Waals surface area (Å²) < 4.78 is 19.6. The van der Waals surface area contributed by atoms with E-state index in [0.29, 0.717) is 11.1 Å². The Morgan fingerprint density at radius 2 is 1.59 bits per heavy atom. The second-order valence-electron chi connectivity index (χ2n) is 6.39. The Kier molecular flexibility index (Phi) is 8.03. The van der Waals surface area contributed by atoms with Crippen molar-refractivity contribution >= 4 is 46.6 Å². The summed E-state index contributed by atoms with van der Waals surface area (Å²) in [4.78, 5) is 36.0. The summed E-state index contributed by atoms with van der Waals surface area (Å²) in [5, 5.41) is 6.35. The summed E-state index contributed by atoms with van der Waals surface area (Å²) in [7, 11) is 0. The van der Waals surface area contributed by atoms with Crippen LogP contribution in [0.5, 0.6) is 5.75 Å². The van der Waals surface area contributed by atoms with Gasteiger partial charge >= 0.3 is 5.97 Å². The number of nitrogens with one attached hydrogen (secondary N) is 2. The first-order valence-electron chi connectivity index (χ1n) is 9.35. The second kappa shape index (κ2) is 11.1. The number of carbonyl (C=O) groups is 3. The normalized spacial score (nSPS) is 10.6. The molecule has 0 radical (unpaired) electrons. The van der Waals surface area contributed by atoms with Gasteiger partial charge in [-0.15, -0.1) is 0 Å². The summed E-state index contributed by atoms with van der Waals surface area (Å²) in [6, 6.07) is 18.8. The van der Waals surface area contributed by atoms with Crippen molar-refractivity contribution in [2.45, 2.75) is 0 Å². The molecule has 2 N–H and O–H groups in total. The summed E-state index contributed by atoms with van der Waals surface area (Å²) in [6.07, 6.45) is 1.39. The predicted octanol–water partition coefficient (Wildman–Crippen LogP) is 3.53. The molecule has 0 aliphatic heterocycles. The number of esters is 1. The van der Waals surface area contributed by atoms with Crippen LogP contribution in [0.2, 0.25) is 0 Å². The van der Waals surface area contributed by atoms with Gasteiger partial charge in [0, 0.05) is 3.57 Å². The van der Waals surface area contributed by atoms with Crippen LogP contribution in [0.25, 0.3) is 0 Å². The molecule has 32 heavy (non-hydrogen) atoms. The molecular weight excluding hydrogens is 528 g/mol. The fraction of sp³-hybridized carbons (Fsp3) is 0.0435. The third-order valence-electron chi connectivity index (χ3n) is 4.12. The average Bonchev–Trinajstić information content (AvgIpc) is 2.79. The number of amides is 2. The molecule has 9 heteroatoms. The van der Waals surface area contributed by atoms with Gasteiger partial charge in [0.25, 0.3) is 11.8 Å². The third-order valence-corrected chi connectivity index (χ3v) is 5.06. The van der Waals surface area contributed by atoms with E-state index < -0.39 is 17.7 Å². The smallest absolute Gasteiger partial charge is 0.346 e. The number of carbonyl (C=O) groups excluding carboxylic acids is 3. The molecule has 0 atom stereocenters. The lowest BCUT2D eigenvalue weighted by Gasteiger charge is -2.06. The van der Waals surface area contributed by atoms with Crippen LogP contribution in [0.4, 0.5) is 4.39 Å². The number of rotatable bonds is 7. The van der Waals surface area contributed by atoms with E-state index in [-0.39, 0.29) is 23.8 Å². The molecule has 0 heterocycles. The van der Waals surface area contributed by atoms with Crippen molar-refractivity contribution in [2.24, 2.45) is 5.10 Å². The molecule has 0 bridgehead atoms. The molecule has 3 aromatic carbocycles. The highest BCUT2D eigenvalue weighted by molar-refractivity contribution is 14.1. The van der Waals surface area contributed by atoms with Crippen LogP contribution in [0, 0.1) is 9.39 Å². The van der Waals surface area contributed by atoms with Crippen molar-refractivity contribution in [3.05, 3.63) is 98.9 Å². The average molecular weight is 545 g/mol. The van der Waals surface area contributed by atoms with Crippen molar-refractivity contribution in [3.63, 3.8) is 0 Å². The minimum Gasteiger partial charge on any atom is -0.423 e. The minimum atomic E-state index is -0.802. The lowest BCUT2D eigenvalue weighted by molar-refractivity contribution is -0.120. The molecule has 162 valence electrons. The van der Waals surface area contributed by atoms with Crippen molar-refractivity contribution in [3.8, 4) is 5.75 Å². The van der Waals surface area contributed by atoms with Gasteiger partial charge in [-0.1, -0.05) is 24.3 Å². The van der Waals surface area contributed by atoms with E-state index in [1.54, 1.807) is 36.4 Å². The molecule has 0 aromatic heterocycles. The Hall–Kier alpha value is -3.60. The van der Waals surface area contributed by atoms with Crippen LogP contribution in [0.15, 0.2) is 77.9 Å². The van der Waals surface area contributed by atoms with Gasteiger partial charge in [0.2, 0.25) is 0 Å². The van der Waals surface area contributed by atoms with E-state index in [4.69, 9.17) is 4.74 Å². The molecule has 0 aliphatic carbocycles. The van der Waals surface area contributed by atoms with Crippen LogP contribution in [0.3, 0.4) is 0 Å². The van der Waals surface area contributed by atoms with Gasteiger partial charge in [0.05, 0.1) is 23.9 Å². The first kappa shape index (κ1) is 23.1. The lowest BCUT2D eigenvalue weighted by atomic mass is 10.2. The number of benzene rings is 3. The molecule has 0 spiro atoms. The monoisotopic (exact) mass is 545 g/mol. The zero-order valence-electron chi connectivity index (χ0n) is 16.5. The van der Waals surface area contributed by atoms with Crippen LogP contribution in [-0.2, 0) is 4.79 Å².